The summed E-state index contributed by atoms with van der Waals surface area (Å²) in [6.45, 7) is 5.96. The maximum absolute atomic E-state index is 12.5. The Morgan fingerprint density at radius 1 is 1.30 bits per heavy atom. The van der Waals surface area contributed by atoms with E-state index in [9.17, 15) is 4.79 Å². The first-order valence-electron chi connectivity index (χ1n) is 7.06. The number of amides is 1. The fourth-order valence-electron chi connectivity index (χ4n) is 2.55. The van der Waals surface area contributed by atoms with Crippen molar-refractivity contribution in [3.8, 4) is 0 Å². The van der Waals surface area contributed by atoms with E-state index in [1.54, 1.807) is 0 Å². The van der Waals surface area contributed by atoms with Crippen molar-refractivity contribution in [1.29, 1.82) is 0 Å². The number of β-amino-alcohol motifs (C(OH)–C–C–N with tert-alkyl or cyclic N) is 1. The molecule has 0 radical (unpaired) electrons. The number of rotatable bonds is 4. The van der Waals surface area contributed by atoms with Crippen LogP contribution < -0.4 is 5.32 Å². The van der Waals surface area contributed by atoms with E-state index in [0.717, 1.165) is 43.0 Å². The van der Waals surface area contributed by atoms with Gasteiger partial charge in [0.25, 0.3) is 5.91 Å². The summed E-state index contributed by atoms with van der Waals surface area (Å²) in [7, 11) is 1.87. The van der Waals surface area contributed by atoms with Crippen LogP contribution in [0.2, 0.25) is 0 Å². The van der Waals surface area contributed by atoms with E-state index in [-0.39, 0.29) is 12.5 Å². The van der Waals surface area contributed by atoms with Crippen LogP contribution in [0.1, 0.15) is 15.9 Å². The number of carbonyl (C=O) groups excluding carboxylic acids is 1. The zero-order valence-corrected chi connectivity index (χ0v) is 12.2. The molecule has 1 aliphatic heterocycles. The van der Waals surface area contributed by atoms with Gasteiger partial charge in [0.05, 0.1) is 6.61 Å². The van der Waals surface area contributed by atoms with Gasteiger partial charge >= 0.3 is 0 Å². The molecule has 1 aromatic rings. The standard InChI is InChI=1S/C15H23N3O2/c1-12-11-13(16-2)3-4-14(12)15(20)18-7-5-17(6-8-18)9-10-19/h3-4,11,16,19H,5-10H2,1-2H3. The van der Waals surface area contributed by atoms with Gasteiger partial charge in [0.15, 0.2) is 0 Å². The third-order valence-corrected chi connectivity index (χ3v) is 3.82. The Morgan fingerprint density at radius 3 is 2.55 bits per heavy atom. The second-order valence-electron chi connectivity index (χ2n) is 5.14. The van der Waals surface area contributed by atoms with Gasteiger partial charge in [0.1, 0.15) is 0 Å². The minimum atomic E-state index is 0.105. The molecule has 20 heavy (non-hydrogen) atoms. The lowest BCUT2D eigenvalue weighted by Gasteiger charge is -2.34. The predicted molar refractivity (Wildman–Crippen MR) is 80.2 cm³/mol. The molecule has 0 aromatic heterocycles. The summed E-state index contributed by atoms with van der Waals surface area (Å²) < 4.78 is 0. The van der Waals surface area contributed by atoms with Crippen molar-refractivity contribution in [2.75, 3.05) is 51.7 Å². The lowest BCUT2D eigenvalue weighted by molar-refractivity contribution is 0.0614. The summed E-state index contributed by atoms with van der Waals surface area (Å²) in [5, 5.41) is 12.0. The summed E-state index contributed by atoms with van der Waals surface area (Å²) in [6, 6.07) is 5.82. The molecule has 1 amide bonds. The van der Waals surface area contributed by atoms with Crippen LogP contribution in [0.5, 0.6) is 0 Å². The van der Waals surface area contributed by atoms with E-state index >= 15 is 0 Å². The lowest BCUT2D eigenvalue weighted by atomic mass is 10.1. The van der Waals surface area contributed by atoms with Crippen molar-refractivity contribution in [3.05, 3.63) is 29.3 Å². The van der Waals surface area contributed by atoms with Gasteiger partial charge in [-0.1, -0.05) is 0 Å². The third-order valence-electron chi connectivity index (χ3n) is 3.82. The molecule has 1 fully saturated rings. The van der Waals surface area contributed by atoms with Crippen LogP contribution in [0.4, 0.5) is 5.69 Å². The molecule has 1 saturated heterocycles. The van der Waals surface area contributed by atoms with E-state index in [4.69, 9.17) is 5.11 Å². The summed E-state index contributed by atoms with van der Waals surface area (Å²) in [6.07, 6.45) is 0. The Morgan fingerprint density at radius 2 is 2.00 bits per heavy atom. The molecule has 2 N–H and O–H groups in total. The third kappa shape index (κ3) is 3.29. The predicted octanol–water partition coefficient (Wildman–Crippen LogP) is 0.787. The first-order chi connectivity index (χ1) is 9.65. The number of aliphatic hydroxyl groups excluding tert-OH is 1. The highest BCUT2D eigenvalue weighted by Crippen LogP contribution is 2.17. The Bertz CT molecular complexity index is 468. The molecule has 1 heterocycles. The van der Waals surface area contributed by atoms with Crippen molar-refractivity contribution in [2.24, 2.45) is 0 Å². The van der Waals surface area contributed by atoms with Crippen LogP contribution in [-0.2, 0) is 0 Å². The second-order valence-corrected chi connectivity index (χ2v) is 5.14. The van der Waals surface area contributed by atoms with Crippen molar-refractivity contribution in [1.82, 2.24) is 9.80 Å². The molecule has 0 bridgehead atoms. The number of piperazine rings is 1. The van der Waals surface area contributed by atoms with Crippen LogP contribution in [-0.4, -0.2) is 67.2 Å². The molecule has 0 atom stereocenters. The lowest BCUT2D eigenvalue weighted by Crippen LogP contribution is -2.49. The van der Waals surface area contributed by atoms with Crippen LogP contribution >= 0.6 is 0 Å². The fraction of sp³-hybridized carbons (Fsp3) is 0.533. The smallest absolute Gasteiger partial charge is 0.254 e. The Labute approximate surface area is 120 Å². The van der Waals surface area contributed by atoms with E-state index in [1.165, 1.54) is 0 Å². The monoisotopic (exact) mass is 277 g/mol. The topological polar surface area (TPSA) is 55.8 Å². The highest BCUT2D eigenvalue weighted by atomic mass is 16.3. The molecule has 0 unspecified atom stereocenters. The minimum absolute atomic E-state index is 0.105. The average molecular weight is 277 g/mol. The SMILES string of the molecule is CNc1ccc(C(=O)N2CCN(CCO)CC2)c(C)c1. The fourth-order valence-corrected chi connectivity index (χ4v) is 2.55. The van der Waals surface area contributed by atoms with E-state index in [0.29, 0.717) is 6.54 Å². The molecule has 5 heteroatoms. The van der Waals surface area contributed by atoms with Crippen molar-refractivity contribution in [2.45, 2.75) is 6.92 Å². The molecule has 0 spiro atoms. The quantitative estimate of drug-likeness (QED) is 0.854. The van der Waals surface area contributed by atoms with Gasteiger partial charge < -0.3 is 15.3 Å². The maximum Gasteiger partial charge on any atom is 0.254 e. The highest BCUT2D eigenvalue weighted by Gasteiger charge is 2.22. The first kappa shape index (κ1) is 14.8. The molecular formula is C15H23N3O2. The zero-order chi connectivity index (χ0) is 14.5. The summed E-state index contributed by atoms with van der Waals surface area (Å²) >= 11 is 0. The number of nitrogens with zero attached hydrogens (tertiary/aromatic N) is 2. The molecule has 110 valence electrons. The summed E-state index contributed by atoms with van der Waals surface area (Å²) in [4.78, 5) is 16.6. The van der Waals surface area contributed by atoms with Crippen LogP contribution in [0.15, 0.2) is 18.2 Å². The number of benzene rings is 1. The molecule has 5 nitrogen and oxygen atoms in total. The number of anilines is 1. The van der Waals surface area contributed by atoms with Crippen LogP contribution in [0.25, 0.3) is 0 Å². The zero-order valence-electron chi connectivity index (χ0n) is 12.2. The Balaban J connectivity index is 2.02. The Kier molecular flexibility index (Phi) is 4.98. The number of aliphatic hydroxyl groups is 1. The molecule has 1 aromatic carbocycles. The van der Waals surface area contributed by atoms with Gasteiger partial charge in [-0.2, -0.15) is 0 Å². The molecule has 0 aliphatic carbocycles. The van der Waals surface area contributed by atoms with Gasteiger partial charge in [0, 0.05) is 51.0 Å². The average Bonchev–Trinajstić information content (AvgIpc) is 2.47. The van der Waals surface area contributed by atoms with Crippen molar-refractivity contribution >= 4 is 11.6 Å². The molecular weight excluding hydrogens is 254 g/mol. The number of aryl methyl sites for hydroxylation is 1. The van der Waals surface area contributed by atoms with Gasteiger partial charge in [-0.05, 0) is 30.7 Å². The van der Waals surface area contributed by atoms with Gasteiger partial charge in [-0.15, -0.1) is 0 Å². The molecule has 0 saturated carbocycles. The largest absolute Gasteiger partial charge is 0.395 e. The number of hydrogen-bond acceptors (Lipinski definition) is 4. The Hall–Kier alpha value is -1.59. The van der Waals surface area contributed by atoms with Crippen LogP contribution in [0.3, 0.4) is 0 Å². The first-order valence-corrected chi connectivity index (χ1v) is 7.06. The summed E-state index contributed by atoms with van der Waals surface area (Å²) in [5.41, 5.74) is 2.80. The van der Waals surface area contributed by atoms with Gasteiger partial charge in [-0.25, -0.2) is 0 Å². The van der Waals surface area contributed by atoms with Crippen molar-refractivity contribution in [3.63, 3.8) is 0 Å². The van der Waals surface area contributed by atoms with Gasteiger partial charge in [0.2, 0.25) is 0 Å². The number of hydrogen-bond donors (Lipinski definition) is 2. The molecule has 1 aliphatic rings. The normalized spacial score (nSPS) is 16.2. The van der Waals surface area contributed by atoms with Crippen molar-refractivity contribution < 1.29 is 9.90 Å². The van der Waals surface area contributed by atoms with Gasteiger partial charge in [-0.3, -0.25) is 9.69 Å². The number of carbonyl (C=O) groups is 1. The van der Waals surface area contributed by atoms with E-state index in [2.05, 4.69) is 10.2 Å². The maximum atomic E-state index is 12.5. The highest BCUT2D eigenvalue weighted by molar-refractivity contribution is 5.96. The van der Waals surface area contributed by atoms with Crippen LogP contribution in [0, 0.1) is 6.92 Å². The molecule has 2 rings (SSSR count). The number of nitrogens with one attached hydrogen (secondary N) is 1. The second kappa shape index (κ2) is 6.72. The van der Waals surface area contributed by atoms with E-state index < -0.39 is 0 Å². The summed E-state index contributed by atoms with van der Waals surface area (Å²) in [5.74, 6) is 0.105. The van der Waals surface area contributed by atoms with E-state index in [1.807, 2.05) is 37.1 Å². The minimum Gasteiger partial charge on any atom is -0.395 e.